The number of carbonyl (C=O) groups is 2. The van der Waals surface area contributed by atoms with Crippen molar-refractivity contribution >= 4 is 24.4 Å². The fourth-order valence-electron chi connectivity index (χ4n) is 2.74. The minimum absolute atomic E-state index is 0.0351. The van der Waals surface area contributed by atoms with Gasteiger partial charge in [0.05, 0.1) is 5.92 Å². The van der Waals surface area contributed by atoms with E-state index in [2.05, 4.69) is 27.8 Å². The Bertz CT molecular complexity index is 511. The molecular formula is C14H20N4O2S. The molecule has 7 heteroatoms. The monoisotopic (exact) mass is 308 g/mol. The Morgan fingerprint density at radius 1 is 1.62 bits per heavy atom. The lowest BCUT2D eigenvalue weighted by Crippen LogP contribution is -2.48. The van der Waals surface area contributed by atoms with Gasteiger partial charge in [0.2, 0.25) is 11.8 Å². The van der Waals surface area contributed by atoms with Gasteiger partial charge in [-0.2, -0.15) is 12.6 Å². The van der Waals surface area contributed by atoms with Crippen LogP contribution in [0.5, 0.6) is 0 Å². The normalized spacial score (nSPS) is 23.7. The van der Waals surface area contributed by atoms with Crippen LogP contribution in [0.2, 0.25) is 0 Å². The van der Waals surface area contributed by atoms with Crippen LogP contribution in [-0.2, 0) is 9.59 Å². The summed E-state index contributed by atoms with van der Waals surface area (Å²) in [7, 11) is 1.98. The van der Waals surface area contributed by atoms with E-state index in [0.29, 0.717) is 0 Å². The number of nitrogens with zero attached hydrogens (tertiary/aromatic N) is 2. The van der Waals surface area contributed by atoms with Gasteiger partial charge in [0, 0.05) is 24.2 Å². The number of pyridine rings is 1. The molecule has 0 aliphatic carbocycles. The number of primary amides is 1. The van der Waals surface area contributed by atoms with E-state index in [0.717, 1.165) is 18.5 Å². The SMILES string of the molecule is CN1CCC(C(=O)NC(CS)C(N)=O)[C@H]1c1cccnc1. The standard InChI is InChI=1S/C14H20N4O2S/c1-18-6-4-10(12(18)9-3-2-5-16-7-9)14(20)17-11(8-21)13(15)19/h2-3,5,7,10-12,21H,4,6,8H2,1H3,(H2,15,19)(H,17,20)/t10?,11?,12-/m1/s1. The van der Waals surface area contributed by atoms with Gasteiger partial charge in [-0.15, -0.1) is 0 Å². The summed E-state index contributed by atoms with van der Waals surface area (Å²) in [4.78, 5) is 29.9. The predicted octanol–water partition coefficient (Wildman–Crippen LogP) is -0.0257. The predicted molar refractivity (Wildman–Crippen MR) is 82.7 cm³/mol. The van der Waals surface area contributed by atoms with Crippen molar-refractivity contribution in [1.82, 2.24) is 15.2 Å². The van der Waals surface area contributed by atoms with Crippen molar-refractivity contribution in [2.24, 2.45) is 11.7 Å². The van der Waals surface area contributed by atoms with E-state index in [1.54, 1.807) is 12.4 Å². The Kier molecular flexibility index (Phi) is 5.19. The lowest BCUT2D eigenvalue weighted by atomic mass is 9.93. The van der Waals surface area contributed by atoms with Crippen molar-refractivity contribution < 1.29 is 9.59 Å². The van der Waals surface area contributed by atoms with Gasteiger partial charge in [0.15, 0.2) is 0 Å². The number of aromatic nitrogens is 1. The van der Waals surface area contributed by atoms with Crippen LogP contribution in [0, 0.1) is 5.92 Å². The minimum atomic E-state index is -0.735. The molecular weight excluding hydrogens is 288 g/mol. The summed E-state index contributed by atoms with van der Waals surface area (Å²) in [5.74, 6) is -0.754. The van der Waals surface area contributed by atoms with Gasteiger partial charge in [0.1, 0.15) is 6.04 Å². The molecule has 1 aliphatic heterocycles. The third-order valence-electron chi connectivity index (χ3n) is 3.85. The number of nitrogens with two attached hydrogens (primary N) is 1. The third kappa shape index (κ3) is 3.54. The molecule has 3 N–H and O–H groups in total. The van der Waals surface area contributed by atoms with Gasteiger partial charge < -0.3 is 11.1 Å². The number of hydrogen-bond acceptors (Lipinski definition) is 5. The summed E-state index contributed by atoms with van der Waals surface area (Å²) in [5, 5.41) is 2.69. The fourth-order valence-corrected chi connectivity index (χ4v) is 3.02. The maximum Gasteiger partial charge on any atom is 0.240 e. The number of carbonyl (C=O) groups excluding carboxylic acids is 2. The van der Waals surface area contributed by atoms with Crippen LogP contribution in [0.15, 0.2) is 24.5 Å². The van der Waals surface area contributed by atoms with Gasteiger partial charge in [0.25, 0.3) is 0 Å². The zero-order valence-electron chi connectivity index (χ0n) is 11.9. The highest BCUT2D eigenvalue weighted by Crippen LogP contribution is 2.35. The van der Waals surface area contributed by atoms with Crippen LogP contribution in [0.3, 0.4) is 0 Å². The van der Waals surface area contributed by atoms with E-state index in [1.165, 1.54) is 0 Å². The van der Waals surface area contributed by atoms with Crippen molar-refractivity contribution in [3.63, 3.8) is 0 Å². The highest BCUT2D eigenvalue weighted by atomic mass is 32.1. The van der Waals surface area contributed by atoms with Crippen LogP contribution in [0.4, 0.5) is 0 Å². The first-order chi connectivity index (χ1) is 10.0. The lowest BCUT2D eigenvalue weighted by molar-refractivity contribution is -0.130. The van der Waals surface area contributed by atoms with Crippen LogP contribution < -0.4 is 11.1 Å². The van der Waals surface area contributed by atoms with Gasteiger partial charge in [-0.3, -0.25) is 19.5 Å². The molecule has 114 valence electrons. The average molecular weight is 308 g/mol. The largest absolute Gasteiger partial charge is 0.368 e. The van der Waals surface area contributed by atoms with Gasteiger partial charge in [-0.05, 0) is 31.6 Å². The van der Waals surface area contributed by atoms with Crippen molar-refractivity contribution in [2.45, 2.75) is 18.5 Å². The third-order valence-corrected chi connectivity index (χ3v) is 4.22. The van der Waals surface area contributed by atoms with E-state index in [-0.39, 0.29) is 23.6 Å². The average Bonchev–Trinajstić information content (AvgIpc) is 2.87. The topological polar surface area (TPSA) is 88.3 Å². The number of amides is 2. The summed E-state index contributed by atoms with van der Waals surface area (Å²) >= 11 is 4.05. The highest BCUT2D eigenvalue weighted by molar-refractivity contribution is 7.80. The quantitative estimate of drug-likeness (QED) is 0.667. The number of thiol groups is 1. The van der Waals surface area contributed by atoms with Crippen LogP contribution in [-0.4, -0.2) is 47.1 Å². The number of nitrogens with one attached hydrogen (secondary N) is 1. The zero-order valence-corrected chi connectivity index (χ0v) is 12.8. The van der Waals surface area contributed by atoms with E-state index in [1.807, 2.05) is 19.2 Å². The molecule has 21 heavy (non-hydrogen) atoms. The highest BCUT2D eigenvalue weighted by Gasteiger charge is 2.38. The summed E-state index contributed by atoms with van der Waals surface area (Å²) in [6, 6.07) is 3.05. The fraction of sp³-hybridized carbons (Fsp3) is 0.500. The Morgan fingerprint density at radius 3 is 2.95 bits per heavy atom. The summed E-state index contributed by atoms with van der Waals surface area (Å²) in [6.07, 6.45) is 4.22. The lowest BCUT2D eigenvalue weighted by Gasteiger charge is -2.25. The van der Waals surface area contributed by atoms with Crippen molar-refractivity contribution in [2.75, 3.05) is 19.3 Å². The second-order valence-corrected chi connectivity index (χ2v) is 5.62. The van der Waals surface area contributed by atoms with Gasteiger partial charge in [-0.25, -0.2) is 0 Å². The molecule has 2 rings (SSSR count). The van der Waals surface area contributed by atoms with E-state index in [9.17, 15) is 9.59 Å². The summed E-state index contributed by atoms with van der Waals surface area (Å²) in [5.41, 5.74) is 6.24. The molecule has 1 aliphatic rings. The molecule has 0 aromatic carbocycles. The zero-order chi connectivity index (χ0) is 15.4. The van der Waals surface area contributed by atoms with Crippen LogP contribution in [0.1, 0.15) is 18.0 Å². The first-order valence-corrected chi connectivity index (χ1v) is 7.48. The Hall–Kier alpha value is -1.60. The van der Waals surface area contributed by atoms with Crippen LogP contribution >= 0.6 is 12.6 Å². The molecule has 2 heterocycles. The van der Waals surface area contributed by atoms with E-state index in [4.69, 9.17) is 5.73 Å². The van der Waals surface area contributed by atoms with Gasteiger partial charge >= 0.3 is 0 Å². The maximum absolute atomic E-state index is 12.4. The number of rotatable bonds is 5. The molecule has 1 fully saturated rings. The second kappa shape index (κ2) is 6.91. The minimum Gasteiger partial charge on any atom is -0.368 e. The molecule has 1 aromatic heterocycles. The first kappa shape index (κ1) is 15.8. The molecule has 0 radical (unpaired) electrons. The Labute approximate surface area is 129 Å². The Balaban J connectivity index is 2.14. The molecule has 0 saturated carbocycles. The Morgan fingerprint density at radius 2 is 2.38 bits per heavy atom. The smallest absolute Gasteiger partial charge is 0.240 e. The molecule has 1 aromatic rings. The number of hydrogen-bond donors (Lipinski definition) is 3. The molecule has 2 unspecified atom stereocenters. The molecule has 0 bridgehead atoms. The molecule has 6 nitrogen and oxygen atoms in total. The first-order valence-electron chi connectivity index (χ1n) is 6.85. The molecule has 0 spiro atoms. The summed E-state index contributed by atoms with van der Waals surface area (Å²) in [6.45, 7) is 0.819. The van der Waals surface area contributed by atoms with Crippen LogP contribution in [0.25, 0.3) is 0 Å². The summed E-state index contributed by atoms with van der Waals surface area (Å²) < 4.78 is 0. The molecule has 1 saturated heterocycles. The van der Waals surface area contributed by atoms with Crippen molar-refractivity contribution in [3.05, 3.63) is 30.1 Å². The molecule has 2 amide bonds. The van der Waals surface area contributed by atoms with Crippen molar-refractivity contribution in [1.29, 1.82) is 0 Å². The van der Waals surface area contributed by atoms with E-state index >= 15 is 0 Å². The number of likely N-dealkylation sites (tertiary alicyclic amines) is 1. The van der Waals surface area contributed by atoms with Crippen molar-refractivity contribution in [3.8, 4) is 0 Å². The molecule has 3 atom stereocenters. The van der Waals surface area contributed by atoms with Gasteiger partial charge in [-0.1, -0.05) is 6.07 Å². The maximum atomic E-state index is 12.4. The second-order valence-electron chi connectivity index (χ2n) is 5.25. The van der Waals surface area contributed by atoms with E-state index < -0.39 is 11.9 Å².